The molecule has 1 N–H and O–H groups in total. The van der Waals surface area contributed by atoms with Crippen LogP contribution in [0.4, 0.5) is 0 Å². The van der Waals surface area contributed by atoms with Gasteiger partial charge in [0.15, 0.2) is 0 Å². The maximum Gasteiger partial charge on any atom is 0.116 e. The molecule has 0 spiro atoms. The largest absolute Gasteiger partial charge is 0.508 e. The standard InChI is InChI=1S/C10H8O/c11-10-6-5-8-3-1-2-4-9(8)7-10/h1-7,11H/i1D,2D,3D,4D,5D,6D,7D. The van der Waals surface area contributed by atoms with E-state index in [1.54, 1.807) is 0 Å². The second-order valence-corrected chi connectivity index (χ2v) is 1.97. The molecule has 0 heterocycles. The first-order chi connectivity index (χ1) is 8.29. The highest BCUT2D eigenvalue weighted by molar-refractivity contribution is 5.83. The zero-order valence-corrected chi connectivity index (χ0v) is 5.45. The van der Waals surface area contributed by atoms with Crippen molar-refractivity contribution in [1.29, 1.82) is 0 Å². The molecule has 54 valence electrons. The number of benzene rings is 2. The molecule has 0 atom stereocenters. The highest BCUT2D eigenvalue weighted by Crippen LogP contribution is 2.18. The van der Waals surface area contributed by atoms with Gasteiger partial charge in [-0.3, -0.25) is 0 Å². The van der Waals surface area contributed by atoms with E-state index in [9.17, 15) is 5.11 Å². The van der Waals surface area contributed by atoms with Gasteiger partial charge in [0.05, 0.1) is 9.60 Å². The number of hydrogen-bond acceptors (Lipinski definition) is 1. The lowest BCUT2D eigenvalue weighted by molar-refractivity contribution is 0.476. The molecule has 11 heavy (non-hydrogen) atoms. The molecule has 0 saturated heterocycles. The van der Waals surface area contributed by atoms with Gasteiger partial charge in [-0.25, -0.2) is 0 Å². The van der Waals surface area contributed by atoms with E-state index in [4.69, 9.17) is 9.60 Å². The molecule has 0 aromatic heterocycles. The predicted molar refractivity (Wildman–Crippen MR) is 45.6 cm³/mol. The number of rotatable bonds is 0. The fourth-order valence-corrected chi connectivity index (χ4v) is 0.771. The fourth-order valence-electron chi connectivity index (χ4n) is 0.771. The third kappa shape index (κ3) is 1.05. The summed E-state index contributed by atoms with van der Waals surface area (Å²) < 4.78 is 53.0. The van der Waals surface area contributed by atoms with Crippen LogP contribution in [0, 0.1) is 0 Å². The number of aromatic hydroxyl groups is 1. The van der Waals surface area contributed by atoms with Crippen LogP contribution in [0.15, 0.2) is 42.3 Å². The second kappa shape index (κ2) is 2.27. The number of phenols is 1. The van der Waals surface area contributed by atoms with Crippen molar-refractivity contribution in [1.82, 2.24) is 0 Å². The zero-order valence-electron chi connectivity index (χ0n) is 12.4. The monoisotopic (exact) mass is 151 g/mol. The molecule has 0 fully saturated rings. The molecule has 2 rings (SSSR count). The first-order valence-electron chi connectivity index (χ1n) is 6.47. The van der Waals surface area contributed by atoms with Crippen LogP contribution in [0.25, 0.3) is 10.8 Å². The number of phenolic OH excluding ortho intramolecular Hbond substituents is 1. The molecule has 0 bridgehead atoms. The summed E-state index contributed by atoms with van der Waals surface area (Å²) in [5.74, 6) is -0.752. The second-order valence-electron chi connectivity index (χ2n) is 1.97. The SMILES string of the molecule is [2H]c1c([2H])c([2H])c2c([2H])c(O)c([2H])c([2H])c2c1[2H]. The predicted octanol–water partition coefficient (Wildman–Crippen LogP) is 2.55. The van der Waals surface area contributed by atoms with Gasteiger partial charge >= 0.3 is 0 Å². The van der Waals surface area contributed by atoms with E-state index in [1.165, 1.54) is 0 Å². The molecule has 0 aliphatic heterocycles. The average molecular weight is 151 g/mol. The van der Waals surface area contributed by atoms with Crippen LogP contribution < -0.4 is 0 Å². The highest BCUT2D eigenvalue weighted by Gasteiger charge is 1.91. The molecule has 0 aliphatic carbocycles. The molecule has 0 aliphatic rings. The molecule has 0 unspecified atom stereocenters. The van der Waals surface area contributed by atoms with Crippen molar-refractivity contribution in [2.45, 2.75) is 0 Å². The zero-order chi connectivity index (χ0) is 13.8. The van der Waals surface area contributed by atoms with Gasteiger partial charge in [-0.1, -0.05) is 30.2 Å². The summed E-state index contributed by atoms with van der Waals surface area (Å²) in [4.78, 5) is 0. The van der Waals surface area contributed by atoms with E-state index in [-0.39, 0.29) is 10.8 Å². The van der Waals surface area contributed by atoms with Crippen molar-refractivity contribution >= 4 is 10.8 Å². The van der Waals surface area contributed by atoms with Crippen molar-refractivity contribution in [2.24, 2.45) is 0 Å². The van der Waals surface area contributed by atoms with Crippen LogP contribution in [0.2, 0.25) is 0 Å². The summed E-state index contributed by atoms with van der Waals surface area (Å²) in [6.07, 6.45) is 0. The Labute approximate surface area is 74.7 Å². The topological polar surface area (TPSA) is 20.2 Å². The Morgan fingerprint density at radius 2 is 1.73 bits per heavy atom. The van der Waals surface area contributed by atoms with E-state index in [0.717, 1.165) is 0 Å². The van der Waals surface area contributed by atoms with Crippen molar-refractivity contribution < 1.29 is 14.7 Å². The molecule has 1 nitrogen and oxygen atoms in total. The van der Waals surface area contributed by atoms with Crippen LogP contribution >= 0.6 is 0 Å². The third-order valence-corrected chi connectivity index (χ3v) is 1.24. The van der Waals surface area contributed by atoms with Gasteiger partial charge in [-0.15, -0.1) is 0 Å². The Hall–Kier alpha value is -1.50. The summed E-state index contributed by atoms with van der Waals surface area (Å²) in [5.41, 5.74) is 0. The first kappa shape index (κ1) is 2.24. The Kier molecular flexibility index (Phi) is 0.463. The Morgan fingerprint density at radius 1 is 1.00 bits per heavy atom. The van der Waals surface area contributed by atoms with Crippen molar-refractivity contribution in [2.75, 3.05) is 0 Å². The summed E-state index contributed by atoms with van der Waals surface area (Å²) in [5, 5.41) is 9.06. The maximum atomic E-state index is 9.51. The van der Waals surface area contributed by atoms with E-state index in [1.807, 2.05) is 0 Å². The van der Waals surface area contributed by atoms with Crippen molar-refractivity contribution in [3.63, 3.8) is 0 Å². The number of hydrogen-bond donors (Lipinski definition) is 1. The minimum absolute atomic E-state index is 0.214. The van der Waals surface area contributed by atoms with E-state index in [0.29, 0.717) is 0 Å². The van der Waals surface area contributed by atoms with E-state index < -0.39 is 48.0 Å². The van der Waals surface area contributed by atoms with Crippen LogP contribution in [-0.4, -0.2) is 5.11 Å². The van der Waals surface area contributed by atoms with Crippen molar-refractivity contribution in [3.8, 4) is 5.75 Å². The Bertz CT molecular complexity index is 567. The molecular formula is C10H8O. The quantitative estimate of drug-likeness (QED) is 0.613. The van der Waals surface area contributed by atoms with Gasteiger partial charge in [-0.2, -0.15) is 0 Å². The Balaban J connectivity index is 3.22. The molecule has 0 radical (unpaired) electrons. The summed E-state index contributed by atoms with van der Waals surface area (Å²) in [6, 6.07) is -3.69. The van der Waals surface area contributed by atoms with Gasteiger partial charge < -0.3 is 5.11 Å². The Morgan fingerprint density at radius 3 is 2.55 bits per heavy atom. The summed E-state index contributed by atoms with van der Waals surface area (Å²) in [6.45, 7) is 0. The lowest BCUT2D eigenvalue weighted by atomic mass is 10.1. The van der Waals surface area contributed by atoms with Gasteiger partial charge in [0, 0.05) is 0 Å². The fraction of sp³-hybridized carbons (Fsp3) is 0. The van der Waals surface area contributed by atoms with Crippen LogP contribution in [0.5, 0.6) is 5.75 Å². The molecule has 0 amide bonds. The number of fused-ring (bicyclic) bond motifs is 1. The van der Waals surface area contributed by atoms with E-state index >= 15 is 0 Å². The van der Waals surface area contributed by atoms with Crippen LogP contribution in [0.1, 0.15) is 9.60 Å². The molecule has 0 saturated carbocycles. The third-order valence-electron chi connectivity index (χ3n) is 1.24. The lowest BCUT2D eigenvalue weighted by Crippen LogP contribution is -1.69. The minimum Gasteiger partial charge on any atom is -0.508 e. The van der Waals surface area contributed by atoms with Gasteiger partial charge in [-0.05, 0) is 22.9 Å². The molecular weight excluding hydrogens is 136 g/mol. The average Bonchev–Trinajstić information content (AvgIpc) is 2.35. The maximum absolute atomic E-state index is 9.51. The van der Waals surface area contributed by atoms with Gasteiger partial charge in [0.1, 0.15) is 5.75 Å². The molecule has 1 heteroatoms. The summed E-state index contributed by atoms with van der Waals surface area (Å²) in [7, 11) is 0. The van der Waals surface area contributed by atoms with Crippen LogP contribution in [-0.2, 0) is 0 Å². The normalized spacial score (nSPS) is 19.1. The molecule has 2 aromatic carbocycles. The molecule has 2 aromatic rings. The van der Waals surface area contributed by atoms with Crippen LogP contribution in [0.3, 0.4) is 0 Å². The first-order valence-corrected chi connectivity index (χ1v) is 2.97. The smallest absolute Gasteiger partial charge is 0.116 e. The summed E-state index contributed by atoms with van der Waals surface area (Å²) >= 11 is 0. The van der Waals surface area contributed by atoms with Crippen molar-refractivity contribution in [3.05, 3.63) is 42.3 Å². The van der Waals surface area contributed by atoms with E-state index in [2.05, 4.69) is 0 Å². The lowest BCUT2D eigenvalue weighted by Gasteiger charge is -1.96. The van der Waals surface area contributed by atoms with Gasteiger partial charge in [0.25, 0.3) is 0 Å². The highest BCUT2D eigenvalue weighted by atomic mass is 16.3. The van der Waals surface area contributed by atoms with Gasteiger partial charge in [0.2, 0.25) is 0 Å². The minimum atomic E-state index is -0.752.